The molecule has 0 aliphatic carbocycles. The molecule has 7 heteroatoms. The number of carbonyl (C=O) groups excluding carboxylic acids is 1. The van der Waals surface area contributed by atoms with E-state index < -0.39 is 30.0 Å². The molecule has 3 aromatic rings. The van der Waals surface area contributed by atoms with Gasteiger partial charge in [0.15, 0.2) is 18.2 Å². The molecule has 0 bridgehead atoms. The standard InChI is InChI=1S/C24H22F3NO3/c1-4-30-22(29)14-31-21-11-8-15(2)24(23(21)27)28(3)20-13-17(9-10-19(20)26)16-6-5-7-18(25)12-16/h5-13H,4,14H2,1-3H3. The Morgan fingerprint density at radius 1 is 1.00 bits per heavy atom. The molecule has 4 nitrogen and oxygen atoms in total. The van der Waals surface area contributed by atoms with E-state index in [0.29, 0.717) is 16.7 Å². The molecule has 0 fully saturated rings. The summed E-state index contributed by atoms with van der Waals surface area (Å²) in [5, 5.41) is 0. The Balaban J connectivity index is 1.97. The first-order valence-electron chi connectivity index (χ1n) is 9.68. The molecule has 0 radical (unpaired) electrons. The normalized spacial score (nSPS) is 10.6. The van der Waals surface area contributed by atoms with Crippen LogP contribution in [0.3, 0.4) is 0 Å². The van der Waals surface area contributed by atoms with Gasteiger partial charge in [-0.2, -0.15) is 0 Å². The molecule has 0 N–H and O–H groups in total. The lowest BCUT2D eigenvalue weighted by Crippen LogP contribution is -2.17. The summed E-state index contributed by atoms with van der Waals surface area (Å²) < 4.78 is 53.5. The fourth-order valence-electron chi connectivity index (χ4n) is 3.24. The number of hydrogen-bond donors (Lipinski definition) is 0. The predicted octanol–water partition coefficient (Wildman–Crippen LogP) is 5.79. The molecule has 0 aromatic heterocycles. The number of esters is 1. The Bertz CT molecular complexity index is 1100. The summed E-state index contributed by atoms with van der Waals surface area (Å²) in [6, 6.07) is 13.2. The number of hydrogen-bond acceptors (Lipinski definition) is 4. The van der Waals surface area contributed by atoms with Crippen LogP contribution in [0.4, 0.5) is 24.5 Å². The highest BCUT2D eigenvalue weighted by Gasteiger charge is 2.20. The molecule has 0 aliphatic heterocycles. The second-order valence-electron chi connectivity index (χ2n) is 6.87. The smallest absolute Gasteiger partial charge is 0.344 e. The van der Waals surface area contributed by atoms with E-state index in [2.05, 4.69) is 0 Å². The first kappa shape index (κ1) is 22.2. The lowest BCUT2D eigenvalue weighted by molar-refractivity contribution is -0.145. The van der Waals surface area contributed by atoms with Crippen molar-refractivity contribution in [1.29, 1.82) is 0 Å². The number of ether oxygens (including phenoxy) is 2. The van der Waals surface area contributed by atoms with Crippen molar-refractivity contribution >= 4 is 17.3 Å². The van der Waals surface area contributed by atoms with E-state index in [1.807, 2.05) is 0 Å². The third kappa shape index (κ3) is 4.99. The molecule has 3 aromatic carbocycles. The SMILES string of the molecule is CCOC(=O)COc1ccc(C)c(N(C)c2cc(-c3cccc(F)c3)ccc2F)c1F. The third-order valence-corrected chi connectivity index (χ3v) is 4.73. The highest BCUT2D eigenvalue weighted by molar-refractivity contribution is 5.75. The summed E-state index contributed by atoms with van der Waals surface area (Å²) in [5.74, 6) is -2.49. The first-order chi connectivity index (χ1) is 14.8. The van der Waals surface area contributed by atoms with E-state index in [4.69, 9.17) is 9.47 Å². The molecule has 0 saturated carbocycles. The summed E-state index contributed by atoms with van der Waals surface area (Å²) >= 11 is 0. The number of rotatable bonds is 7. The minimum atomic E-state index is -0.734. The van der Waals surface area contributed by atoms with Crippen LogP contribution in [0, 0.1) is 24.4 Å². The molecule has 0 atom stereocenters. The minimum Gasteiger partial charge on any atom is -0.479 e. The van der Waals surface area contributed by atoms with Gasteiger partial charge in [0.2, 0.25) is 0 Å². The maximum absolute atomic E-state index is 15.2. The van der Waals surface area contributed by atoms with Gasteiger partial charge in [-0.15, -0.1) is 0 Å². The van der Waals surface area contributed by atoms with Gasteiger partial charge in [-0.1, -0.05) is 24.3 Å². The second kappa shape index (κ2) is 9.55. The molecule has 0 unspecified atom stereocenters. The van der Waals surface area contributed by atoms with Crippen molar-refractivity contribution in [2.24, 2.45) is 0 Å². The topological polar surface area (TPSA) is 38.8 Å². The van der Waals surface area contributed by atoms with Crippen LogP contribution in [-0.4, -0.2) is 26.2 Å². The average molecular weight is 429 g/mol. The number of benzene rings is 3. The molecule has 162 valence electrons. The monoisotopic (exact) mass is 429 g/mol. The van der Waals surface area contributed by atoms with E-state index in [1.165, 1.54) is 48.3 Å². The maximum atomic E-state index is 15.2. The Morgan fingerprint density at radius 2 is 1.74 bits per heavy atom. The minimum absolute atomic E-state index is 0.0941. The van der Waals surface area contributed by atoms with Crippen LogP contribution in [0.2, 0.25) is 0 Å². The van der Waals surface area contributed by atoms with Gasteiger partial charge in [0.25, 0.3) is 0 Å². The number of carbonyl (C=O) groups is 1. The number of aryl methyl sites for hydroxylation is 1. The van der Waals surface area contributed by atoms with E-state index in [1.54, 1.807) is 32.0 Å². The van der Waals surface area contributed by atoms with Crippen molar-refractivity contribution in [3.63, 3.8) is 0 Å². The van der Waals surface area contributed by atoms with Gasteiger partial charge in [-0.25, -0.2) is 18.0 Å². The molecule has 0 heterocycles. The summed E-state index contributed by atoms with van der Waals surface area (Å²) in [5.41, 5.74) is 1.89. The zero-order valence-corrected chi connectivity index (χ0v) is 17.4. The van der Waals surface area contributed by atoms with Gasteiger partial charge in [-0.3, -0.25) is 0 Å². The number of nitrogens with zero attached hydrogens (tertiary/aromatic N) is 1. The van der Waals surface area contributed by atoms with Crippen LogP contribution < -0.4 is 9.64 Å². The van der Waals surface area contributed by atoms with Gasteiger partial charge < -0.3 is 14.4 Å². The van der Waals surface area contributed by atoms with E-state index in [-0.39, 0.29) is 23.7 Å². The lowest BCUT2D eigenvalue weighted by atomic mass is 10.0. The fourth-order valence-corrected chi connectivity index (χ4v) is 3.24. The van der Waals surface area contributed by atoms with Crippen LogP contribution in [0.5, 0.6) is 5.75 Å². The molecule has 0 spiro atoms. The van der Waals surface area contributed by atoms with Crippen molar-refractivity contribution in [3.8, 4) is 16.9 Å². The van der Waals surface area contributed by atoms with E-state index in [9.17, 15) is 13.6 Å². The number of halogens is 3. The van der Waals surface area contributed by atoms with Crippen LogP contribution in [0.1, 0.15) is 12.5 Å². The second-order valence-corrected chi connectivity index (χ2v) is 6.87. The van der Waals surface area contributed by atoms with Crippen molar-refractivity contribution in [2.75, 3.05) is 25.2 Å². The van der Waals surface area contributed by atoms with Gasteiger partial charge in [-0.05, 0) is 60.9 Å². The van der Waals surface area contributed by atoms with E-state index in [0.717, 1.165) is 0 Å². The predicted molar refractivity (Wildman–Crippen MR) is 113 cm³/mol. The molecular formula is C24H22F3NO3. The Hall–Kier alpha value is -3.48. The van der Waals surface area contributed by atoms with Crippen molar-refractivity contribution in [3.05, 3.63) is 77.6 Å². The van der Waals surface area contributed by atoms with Crippen molar-refractivity contribution in [2.45, 2.75) is 13.8 Å². The summed E-state index contributed by atoms with van der Waals surface area (Å²) in [4.78, 5) is 12.9. The Labute approximate surface area is 178 Å². The third-order valence-electron chi connectivity index (χ3n) is 4.73. The molecule has 0 amide bonds. The molecule has 3 rings (SSSR count). The summed E-state index contributed by atoms with van der Waals surface area (Å²) in [6.45, 7) is 3.08. The largest absolute Gasteiger partial charge is 0.479 e. The molecule has 0 aliphatic rings. The van der Waals surface area contributed by atoms with Crippen LogP contribution in [0.25, 0.3) is 11.1 Å². The Kier molecular flexibility index (Phi) is 6.84. The van der Waals surface area contributed by atoms with Gasteiger partial charge in [0.05, 0.1) is 18.0 Å². The van der Waals surface area contributed by atoms with Crippen molar-refractivity contribution < 1.29 is 27.4 Å². The summed E-state index contributed by atoms with van der Waals surface area (Å²) in [7, 11) is 1.52. The van der Waals surface area contributed by atoms with Crippen LogP contribution in [-0.2, 0) is 9.53 Å². The lowest BCUT2D eigenvalue weighted by Gasteiger charge is -2.24. The highest BCUT2D eigenvalue weighted by atomic mass is 19.1. The van der Waals surface area contributed by atoms with Gasteiger partial charge in [0, 0.05) is 7.05 Å². The van der Waals surface area contributed by atoms with Crippen LogP contribution >= 0.6 is 0 Å². The molecule has 0 saturated heterocycles. The van der Waals surface area contributed by atoms with Gasteiger partial charge in [0.1, 0.15) is 11.6 Å². The van der Waals surface area contributed by atoms with Crippen LogP contribution in [0.15, 0.2) is 54.6 Å². The first-order valence-corrected chi connectivity index (χ1v) is 9.68. The highest BCUT2D eigenvalue weighted by Crippen LogP contribution is 2.37. The Morgan fingerprint density at radius 3 is 2.45 bits per heavy atom. The van der Waals surface area contributed by atoms with Crippen molar-refractivity contribution in [1.82, 2.24) is 0 Å². The molecular weight excluding hydrogens is 407 g/mol. The van der Waals surface area contributed by atoms with E-state index >= 15 is 4.39 Å². The summed E-state index contributed by atoms with van der Waals surface area (Å²) in [6.07, 6.45) is 0. The average Bonchev–Trinajstić information content (AvgIpc) is 2.73. The zero-order chi connectivity index (χ0) is 22.5. The maximum Gasteiger partial charge on any atom is 0.344 e. The quantitative estimate of drug-likeness (QED) is 0.446. The molecule has 31 heavy (non-hydrogen) atoms. The van der Waals surface area contributed by atoms with Gasteiger partial charge >= 0.3 is 5.97 Å². The zero-order valence-electron chi connectivity index (χ0n) is 17.4. The fraction of sp³-hybridized carbons (Fsp3) is 0.208. The number of anilines is 2.